The van der Waals surface area contributed by atoms with E-state index in [1.165, 1.54) is 5.57 Å². The van der Waals surface area contributed by atoms with E-state index in [4.69, 9.17) is 5.26 Å². The highest BCUT2D eigenvalue weighted by Crippen LogP contribution is 2.66. The van der Waals surface area contributed by atoms with Crippen molar-refractivity contribution in [1.29, 1.82) is 5.26 Å². The Bertz CT molecular complexity index is 632. The Hall–Kier alpha value is -1.14. The topological polar surface area (TPSA) is 61.1 Å². The summed E-state index contributed by atoms with van der Waals surface area (Å²) >= 11 is 0. The van der Waals surface area contributed by atoms with E-state index < -0.39 is 0 Å². The number of hydrogen-bond donors (Lipinski definition) is 1. The fraction of sp³-hybridized carbons (Fsp3) is 0.810. The first-order valence-electron chi connectivity index (χ1n) is 9.70. The van der Waals surface area contributed by atoms with Crippen molar-refractivity contribution in [2.24, 2.45) is 34.5 Å². The summed E-state index contributed by atoms with van der Waals surface area (Å²) in [5.41, 5.74) is 1.22. The van der Waals surface area contributed by atoms with Crippen LogP contribution in [0.25, 0.3) is 0 Å². The standard InChI is InChI=1S/C21H29NO2/c1-20-9-7-15(23)11-14(20)3-5-16-17-6-4-13(8-10-22)21(17,2)12-18(24)19(16)20/h8,14-17,19,23H,3-7,9,11-12H2,1-2H3/t14-,15-,16+,17+,19-,20+,21-/m1/s1. The van der Waals surface area contributed by atoms with Gasteiger partial charge in [-0.2, -0.15) is 5.26 Å². The molecule has 0 radical (unpaired) electrons. The van der Waals surface area contributed by atoms with Crippen LogP contribution in [0.5, 0.6) is 0 Å². The van der Waals surface area contributed by atoms with Crippen molar-refractivity contribution in [2.45, 2.75) is 71.3 Å². The normalized spacial score (nSPS) is 52.3. The van der Waals surface area contributed by atoms with E-state index in [0.717, 1.165) is 44.9 Å². The molecule has 0 bridgehead atoms. The van der Waals surface area contributed by atoms with Crippen LogP contribution in [0.15, 0.2) is 11.6 Å². The van der Waals surface area contributed by atoms with Crippen LogP contribution in [0.2, 0.25) is 0 Å². The highest BCUT2D eigenvalue weighted by Gasteiger charge is 2.62. The van der Waals surface area contributed by atoms with Crippen molar-refractivity contribution in [2.75, 3.05) is 0 Å². The molecule has 0 aromatic heterocycles. The Morgan fingerprint density at radius 3 is 2.79 bits per heavy atom. The van der Waals surface area contributed by atoms with Gasteiger partial charge in [0.25, 0.3) is 0 Å². The Morgan fingerprint density at radius 2 is 2.04 bits per heavy atom. The number of rotatable bonds is 0. The van der Waals surface area contributed by atoms with Crippen LogP contribution in [0.4, 0.5) is 0 Å². The number of nitrogens with zero attached hydrogens (tertiary/aromatic N) is 1. The zero-order valence-corrected chi connectivity index (χ0v) is 14.9. The second kappa shape index (κ2) is 5.43. The van der Waals surface area contributed by atoms with Crippen molar-refractivity contribution in [1.82, 2.24) is 0 Å². The number of fused-ring (bicyclic) bond motifs is 5. The van der Waals surface area contributed by atoms with Gasteiger partial charge in [0.1, 0.15) is 5.78 Å². The van der Waals surface area contributed by atoms with Crippen LogP contribution < -0.4 is 0 Å². The molecular weight excluding hydrogens is 298 g/mol. The second-order valence-electron chi connectivity index (χ2n) is 9.35. The number of carbonyl (C=O) groups is 1. The predicted molar refractivity (Wildman–Crippen MR) is 91.8 cm³/mol. The van der Waals surface area contributed by atoms with Crippen molar-refractivity contribution in [3.63, 3.8) is 0 Å². The minimum atomic E-state index is -0.166. The van der Waals surface area contributed by atoms with Gasteiger partial charge in [-0.25, -0.2) is 0 Å². The van der Waals surface area contributed by atoms with E-state index in [1.54, 1.807) is 6.08 Å². The van der Waals surface area contributed by atoms with E-state index in [1.807, 2.05) is 0 Å². The number of allylic oxidation sites excluding steroid dienone is 2. The third-order valence-corrected chi connectivity index (χ3v) is 8.41. The van der Waals surface area contributed by atoms with Crippen molar-refractivity contribution in [3.8, 4) is 6.07 Å². The maximum atomic E-state index is 13.3. The summed E-state index contributed by atoms with van der Waals surface area (Å²) < 4.78 is 0. The molecule has 4 rings (SSSR count). The SMILES string of the molecule is C[C@]12CC[C@@H](O)C[C@H]1CC[C@@H]1[C@@H]2C(=O)C[C@]2(C)C(=CC#N)CC[C@@H]12. The maximum absolute atomic E-state index is 13.3. The highest BCUT2D eigenvalue weighted by atomic mass is 16.3. The van der Waals surface area contributed by atoms with Gasteiger partial charge in [0, 0.05) is 18.4 Å². The second-order valence-corrected chi connectivity index (χ2v) is 9.35. The van der Waals surface area contributed by atoms with Gasteiger partial charge in [0.2, 0.25) is 0 Å². The number of carbonyl (C=O) groups excluding carboxylic acids is 1. The number of Topliss-reactive ketones (excluding diaryl/α,β-unsaturated/α-hetero) is 1. The molecular formula is C21H29NO2. The maximum Gasteiger partial charge on any atom is 0.137 e. The molecule has 0 aromatic rings. The van der Waals surface area contributed by atoms with E-state index in [0.29, 0.717) is 30.0 Å². The number of nitriles is 1. The fourth-order valence-electron chi connectivity index (χ4n) is 7.21. The Labute approximate surface area is 145 Å². The molecule has 4 saturated carbocycles. The van der Waals surface area contributed by atoms with Crippen molar-refractivity contribution >= 4 is 5.78 Å². The quantitative estimate of drug-likeness (QED) is 0.684. The van der Waals surface area contributed by atoms with E-state index >= 15 is 0 Å². The van der Waals surface area contributed by atoms with Crippen LogP contribution in [0, 0.1) is 45.8 Å². The molecule has 0 aromatic carbocycles. The predicted octanol–water partition coefficient (Wildman–Crippen LogP) is 4.02. The first-order chi connectivity index (χ1) is 11.4. The third-order valence-electron chi connectivity index (χ3n) is 8.41. The van der Waals surface area contributed by atoms with Crippen LogP contribution >= 0.6 is 0 Å². The molecule has 0 amide bonds. The third kappa shape index (κ3) is 2.08. The number of hydrogen-bond acceptors (Lipinski definition) is 3. The summed E-state index contributed by atoms with van der Waals surface area (Å²) in [6.45, 7) is 4.57. The van der Waals surface area contributed by atoms with E-state index in [-0.39, 0.29) is 22.9 Å². The summed E-state index contributed by atoms with van der Waals surface area (Å²) in [5.74, 6) is 2.17. The van der Waals surface area contributed by atoms with Crippen LogP contribution in [0.1, 0.15) is 65.2 Å². The van der Waals surface area contributed by atoms with Gasteiger partial charge in [-0.15, -0.1) is 0 Å². The smallest absolute Gasteiger partial charge is 0.137 e. The molecule has 4 fully saturated rings. The molecule has 1 N–H and O–H groups in total. The van der Waals surface area contributed by atoms with Crippen molar-refractivity contribution in [3.05, 3.63) is 11.6 Å². The lowest BCUT2D eigenvalue weighted by molar-refractivity contribution is -0.157. The summed E-state index contributed by atoms with van der Waals surface area (Å²) in [7, 11) is 0. The fourth-order valence-corrected chi connectivity index (χ4v) is 7.21. The molecule has 0 heterocycles. The molecule has 0 unspecified atom stereocenters. The lowest BCUT2D eigenvalue weighted by Gasteiger charge is -2.59. The molecule has 130 valence electrons. The lowest BCUT2D eigenvalue weighted by atomic mass is 9.44. The average molecular weight is 327 g/mol. The van der Waals surface area contributed by atoms with Crippen molar-refractivity contribution < 1.29 is 9.90 Å². The zero-order valence-electron chi connectivity index (χ0n) is 14.9. The van der Waals surface area contributed by atoms with Gasteiger partial charge in [-0.1, -0.05) is 19.4 Å². The van der Waals surface area contributed by atoms with Gasteiger partial charge in [0.05, 0.1) is 12.2 Å². The van der Waals surface area contributed by atoms with Gasteiger partial charge in [-0.3, -0.25) is 4.79 Å². The Kier molecular flexibility index (Phi) is 3.69. The number of ketones is 1. The zero-order chi connectivity index (χ0) is 17.1. The van der Waals surface area contributed by atoms with E-state index in [9.17, 15) is 9.90 Å². The number of aliphatic hydroxyl groups is 1. The van der Waals surface area contributed by atoms with Gasteiger partial charge < -0.3 is 5.11 Å². The largest absolute Gasteiger partial charge is 0.393 e. The van der Waals surface area contributed by atoms with Gasteiger partial charge in [0.15, 0.2) is 0 Å². The first-order valence-corrected chi connectivity index (χ1v) is 9.70. The van der Waals surface area contributed by atoms with Crippen LogP contribution in [-0.4, -0.2) is 17.0 Å². The summed E-state index contributed by atoms with van der Waals surface area (Å²) in [6.07, 6.45) is 9.33. The summed E-state index contributed by atoms with van der Waals surface area (Å²) in [4.78, 5) is 13.3. The summed E-state index contributed by atoms with van der Waals surface area (Å²) in [6, 6.07) is 2.21. The minimum absolute atomic E-state index is 0.0780. The molecule has 4 aliphatic rings. The molecule has 4 aliphatic carbocycles. The Balaban J connectivity index is 1.70. The average Bonchev–Trinajstić information content (AvgIpc) is 2.84. The summed E-state index contributed by atoms with van der Waals surface area (Å²) in [5, 5.41) is 19.2. The highest BCUT2D eigenvalue weighted by molar-refractivity contribution is 5.85. The monoisotopic (exact) mass is 327 g/mol. The van der Waals surface area contributed by atoms with Gasteiger partial charge >= 0.3 is 0 Å². The molecule has 0 aliphatic heterocycles. The molecule has 24 heavy (non-hydrogen) atoms. The Morgan fingerprint density at radius 1 is 1.25 bits per heavy atom. The van der Waals surface area contributed by atoms with Crippen LogP contribution in [0.3, 0.4) is 0 Å². The first kappa shape index (κ1) is 16.3. The molecule has 7 atom stereocenters. The van der Waals surface area contributed by atoms with E-state index in [2.05, 4.69) is 19.9 Å². The number of aliphatic hydroxyl groups excluding tert-OH is 1. The molecule has 0 spiro atoms. The minimum Gasteiger partial charge on any atom is -0.393 e. The molecule has 3 heteroatoms. The lowest BCUT2D eigenvalue weighted by Crippen LogP contribution is -2.57. The van der Waals surface area contributed by atoms with Gasteiger partial charge in [-0.05, 0) is 73.5 Å². The molecule has 3 nitrogen and oxygen atoms in total. The van der Waals surface area contributed by atoms with Crippen LogP contribution in [-0.2, 0) is 4.79 Å². The molecule has 0 saturated heterocycles.